The zero-order valence-corrected chi connectivity index (χ0v) is 12.9. The standard InChI is InChI=1S/C14H19BrN2O2/c1-10-6-7-16(11(2)8-10)9-12-4-3-5-13(14(12)15)17(18)19/h3-5,10-11H,6-9H2,1-2H3. The quantitative estimate of drug-likeness (QED) is 0.623. The smallest absolute Gasteiger partial charge is 0.283 e. The predicted octanol–water partition coefficient (Wildman–Crippen LogP) is 3.98. The van der Waals surface area contributed by atoms with Crippen LogP contribution in [0, 0.1) is 16.0 Å². The summed E-state index contributed by atoms with van der Waals surface area (Å²) in [5.41, 5.74) is 1.14. The van der Waals surface area contributed by atoms with Crippen molar-refractivity contribution in [2.75, 3.05) is 6.54 Å². The maximum absolute atomic E-state index is 10.9. The number of piperidine rings is 1. The van der Waals surface area contributed by atoms with Gasteiger partial charge in [-0.15, -0.1) is 0 Å². The molecule has 2 rings (SSSR count). The number of hydrogen-bond donors (Lipinski definition) is 0. The third kappa shape index (κ3) is 3.34. The second-order valence-corrected chi connectivity index (χ2v) is 6.25. The lowest BCUT2D eigenvalue weighted by molar-refractivity contribution is -0.385. The van der Waals surface area contributed by atoms with E-state index in [4.69, 9.17) is 0 Å². The molecule has 0 amide bonds. The summed E-state index contributed by atoms with van der Waals surface area (Å²) in [6.45, 7) is 6.37. The molecule has 1 aromatic rings. The maximum Gasteiger partial charge on any atom is 0.283 e. The number of benzene rings is 1. The topological polar surface area (TPSA) is 46.4 Å². The first-order chi connectivity index (χ1) is 8.99. The van der Waals surface area contributed by atoms with Crippen molar-refractivity contribution in [1.29, 1.82) is 0 Å². The number of halogens is 1. The van der Waals surface area contributed by atoms with Crippen LogP contribution in [0.2, 0.25) is 0 Å². The molecule has 104 valence electrons. The number of nitro groups is 1. The molecular weight excluding hydrogens is 308 g/mol. The van der Waals surface area contributed by atoms with E-state index in [9.17, 15) is 10.1 Å². The Hall–Kier alpha value is -0.940. The Kier molecular flexibility index (Phi) is 4.58. The van der Waals surface area contributed by atoms with E-state index < -0.39 is 0 Å². The molecular formula is C14H19BrN2O2. The summed E-state index contributed by atoms with van der Waals surface area (Å²) in [6, 6.07) is 5.79. The molecule has 1 saturated heterocycles. The van der Waals surface area contributed by atoms with Gasteiger partial charge in [0.2, 0.25) is 0 Å². The average molecular weight is 327 g/mol. The van der Waals surface area contributed by atoms with Gasteiger partial charge in [0.25, 0.3) is 5.69 Å². The highest BCUT2D eigenvalue weighted by atomic mass is 79.9. The SMILES string of the molecule is CC1CCN(Cc2cccc([N+](=O)[O-])c2Br)C(C)C1. The van der Waals surface area contributed by atoms with E-state index in [-0.39, 0.29) is 10.6 Å². The molecule has 1 aromatic carbocycles. The van der Waals surface area contributed by atoms with Gasteiger partial charge in [0, 0.05) is 18.7 Å². The van der Waals surface area contributed by atoms with Gasteiger partial charge in [0.15, 0.2) is 0 Å². The van der Waals surface area contributed by atoms with Gasteiger partial charge in [-0.1, -0.05) is 19.1 Å². The van der Waals surface area contributed by atoms with Gasteiger partial charge in [-0.05, 0) is 53.7 Å². The predicted molar refractivity (Wildman–Crippen MR) is 79.1 cm³/mol. The lowest BCUT2D eigenvalue weighted by Crippen LogP contribution is -2.39. The summed E-state index contributed by atoms with van der Waals surface area (Å²) < 4.78 is 0.617. The highest BCUT2D eigenvalue weighted by Gasteiger charge is 2.24. The fraction of sp³-hybridized carbons (Fsp3) is 0.571. The van der Waals surface area contributed by atoms with Crippen LogP contribution in [0.1, 0.15) is 32.3 Å². The van der Waals surface area contributed by atoms with Crippen LogP contribution in [0.25, 0.3) is 0 Å². The molecule has 4 nitrogen and oxygen atoms in total. The Morgan fingerprint density at radius 2 is 2.21 bits per heavy atom. The molecule has 0 aliphatic carbocycles. The maximum atomic E-state index is 10.9. The minimum absolute atomic E-state index is 0.149. The fourth-order valence-electron chi connectivity index (χ4n) is 2.74. The minimum atomic E-state index is -0.338. The van der Waals surface area contributed by atoms with E-state index in [0.29, 0.717) is 10.5 Å². The fourth-order valence-corrected chi connectivity index (χ4v) is 3.27. The summed E-state index contributed by atoms with van der Waals surface area (Å²) in [6.07, 6.45) is 2.41. The molecule has 0 bridgehead atoms. The Labute approximate surface area is 122 Å². The van der Waals surface area contributed by atoms with Gasteiger partial charge in [-0.2, -0.15) is 0 Å². The van der Waals surface area contributed by atoms with Crippen LogP contribution in [0.15, 0.2) is 22.7 Å². The molecule has 0 saturated carbocycles. The van der Waals surface area contributed by atoms with Crippen molar-refractivity contribution >= 4 is 21.6 Å². The van der Waals surface area contributed by atoms with E-state index in [1.807, 2.05) is 6.07 Å². The molecule has 0 aromatic heterocycles. The first-order valence-corrected chi connectivity index (χ1v) is 7.44. The molecule has 2 unspecified atom stereocenters. The number of hydrogen-bond acceptors (Lipinski definition) is 3. The van der Waals surface area contributed by atoms with Crippen LogP contribution in [0.3, 0.4) is 0 Å². The zero-order chi connectivity index (χ0) is 14.0. The molecule has 1 aliphatic rings. The van der Waals surface area contributed by atoms with E-state index in [1.165, 1.54) is 18.9 Å². The van der Waals surface area contributed by atoms with E-state index in [2.05, 4.69) is 34.7 Å². The third-order valence-electron chi connectivity index (χ3n) is 3.90. The summed E-state index contributed by atoms with van der Waals surface area (Å²) in [4.78, 5) is 13.0. The molecule has 2 atom stereocenters. The number of likely N-dealkylation sites (tertiary alicyclic amines) is 1. The highest BCUT2D eigenvalue weighted by molar-refractivity contribution is 9.10. The van der Waals surface area contributed by atoms with Crippen molar-refractivity contribution in [2.24, 2.45) is 5.92 Å². The Morgan fingerprint density at radius 3 is 2.84 bits per heavy atom. The third-order valence-corrected chi connectivity index (χ3v) is 4.82. The molecule has 5 heteroatoms. The van der Waals surface area contributed by atoms with Crippen LogP contribution in [0.5, 0.6) is 0 Å². The van der Waals surface area contributed by atoms with Crippen LogP contribution in [0.4, 0.5) is 5.69 Å². The van der Waals surface area contributed by atoms with Gasteiger partial charge < -0.3 is 0 Å². The van der Waals surface area contributed by atoms with Crippen molar-refractivity contribution < 1.29 is 4.92 Å². The van der Waals surface area contributed by atoms with Gasteiger partial charge in [0.1, 0.15) is 0 Å². The molecule has 19 heavy (non-hydrogen) atoms. The van der Waals surface area contributed by atoms with Crippen molar-refractivity contribution in [2.45, 2.75) is 39.3 Å². The van der Waals surface area contributed by atoms with E-state index in [1.54, 1.807) is 6.07 Å². The van der Waals surface area contributed by atoms with Crippen LogP contribution < -0.4 is 0 Å². The average Bonchev–Trinajstić information content (AvgIpc) is 2.34. The number of rotatable bonds is 3. The van der Waals surface area contributed by atoms with Gasteiger partial charge in [-0.25, -0.2) is 0 Å². The second-order valence-electron chi connectivity index (χ2n) is 5.46. The molecule has 1 fully saturated rings. The van der Waals surface area contributed by atoms with Crippen molar-refractivity contribution in [3.8, 4) is 0 Å². The summed E-state index contributed by atoms with van der Waals surface area (Å²) in [5.74, 6) is 0.778. The first-order valence-electron chi connectivity index (χ1n) is 6.65. The van der Waals surface area contributed by atoms with Gasteiger partial charge in [-0.3, -0.25) is 15.0 Å². The molecule has 0 radical (unpaired) electrons. The normalized spacial score (nSPS) is 24.4. The molecule has 1 aliphatic heterocycles. The van der Waals surface area contributed by atoms with Crippen molar-refractivity contribution in [3.63, 3.8) is 0 Å². The lowest BCUT2D eigenvalue weighted by atomic mass is 9.93. The van der Waals surface area contributed by atoms with E-state index >= 15 is 0 Å². The van der Waals surface area contributed by atoms with Crippen molar-refractivity contribution in [1.82, 2.24) is 4.90 Å². The Balaban J connectivity index is 2.15. The highest BCUT2D eigenvalue weighted by Crippen LogP contribution is 2.31. The van der Waals surface area contributed by atoms with Gasteiger partial charge >= 0.3 is 0 Å². The zero-order valence-electron chi connectivity index (χ0n) is 11.3. The van der Waals surface area contributed by atoms with Crippen molar-refractivity contribution in [3.05, 3.63) is 38.3 Å². The van der Waals surface area contributed by atoms with Crippen LogP contribution in [-0.2, 0) is 6.54 Å². The molecule has 0 spiro atoms. The molecule has 0 N–H and O–H groups in total. The summed E-state index contributed by atoms with van der Waals surface area (Å²) in [7, 11) is 0. The number of nitrogens with zero attached hydrogens (tertiary/aromatic N) is 2. The number of nitro benzene ring substituents is 1. The largest absolute Gasteiger partial charge is 0.296 e. The first kappa shape index (κ1) is 14.5. The lowest BCUT2D eigenvalue weighted by Gasteiger charge is -2.36. The van der Waals surface area contributed by atoms with Crippen LogP contribution in [-0.4, -0.2) is 22.4 Å². The van der Waals surface area contributed by atoms with Gasteiger partial charge in [0.05, 0.1) is 9.40 Å². The summed E-state index contributed by atoms with van der Waals surface area (Å²) >= 11 is 3.37. The second kappa shape index (κ2) is 6.01. The Morgan fingerprint density at radius 1 is 1.47 bits per heavy atom. The molecule has 1 heterocycles. The van der Waals surface area contributed by atoms with E-state index in [0.717, 1.165) is 24.6 Å². The Bertz CT molecular complexity index is 479. The monoisotopic (exact) mass is 326 g/mol. The summed E-state index contributed by atoms with van der Waals surface area (Å²) in [5, 5.41) is 10.9. The van der Waals surface area contributed by atoms with Crippen LogP contribution >= 0.6 is 15.9 Å². The minimum Gasteiger partial charge on any atom is -0.296 e.